The molecule has 0 aliphatic heterocycles. The number of allylic oxidation sites excluding steroid dienone is 1. The smallest absolute Gasteiger partial charge is 0.331 e. The third-order valence-corrected chi connectivity index (χ3v) is 4.87. The van der Waals surface area contributed by atoms with E-state index in [1.54, 1.807) is 0 Å². The Morgan fingerprint density at radius 1 is 0.818 bits per heavy atom. The second-order valence-corrected chi connectivity index (χ2v) is 6.66. The first-order valence-corrected chi connectivity index (χ1v) is 9.48. The van der Waals surface area contributed by atoms with E-state index in [9.17, 15) is 9.90 Å². The molecule has 0 unspecified atom stereocenters. The van der Waals surface area contributed by atoms with E-state index in [0.29, 0.717) is 5.57 Å². The van der Waals surface area contributed by atoms with Gasteiger partial charge in [0.05, 0.1) is 0 Å². The fraction of sp³-hybridized carbons (Fsp3) is 0.850. The van der Waals surface area contributed by atoms with Gasteiger partial charge in [0.1, 0.15) is 0 Å². The topological polar surface area (TPSA) is 37.3 Å². The van der Waals surface area contributed by atoms with Crippen LogP contribution in [0.1, 0.15) is 105 Å². The van der Waals surface area contributed by atoms with Crippen LogP contribution in [0.5, 0.6) is 0 Å². The molecule has 1 N–H and O–H groups in total. The fourth-order valence-corrected chi connectivity index (χ4v) is 3.58. The molecule has 2 heteroatoms. The molecule has 0 aromatic heterocycles. The van der Waals surface area contributed by atoms with E-state index in [4.69, 9.17) is 0 Å². The maximum atomic E-state index is 11.8. The molecule has 0 aromatic rings. The molecule has 0 rings (SSSR count). The third-order valence-electron chi connectivity index (χ3n) is 4.87. The molecule has 0 amide bonds. The SMILES string of the molecule is CC=C(C(=O)O)C(CCCCC)(CCCCC)CCCCC. The Kier molecular flexibility index (Phi) is 12.3. The van der Waals surface area contributed by atoms with Gasteiger partial charge in [0, 0.05) is 11.0 Å². The molecule has 0 bridgehead atoms. The van der Waals surface area contributed by atoms with Crippen LogP contribution in [0.15, 0.2) is 11.6 Å². The van der Waals surface area contributed by atoms with Crippen molar-refractivity contribution in [3.63, 3.8) is 0 Å². The van der Waals surface area contributed by atoms with Crippen molar-refractivity contribution in [2.24, 2.45) is 5.41 Å². The van der Waals surface area contributed by atoms with Crippen LogP contribution >= 0.6 is 0 Å². The number of rotatable bonds is 14. The molecule has 0 saturated heterocycles. The first kappa shape index (κ1) is 21.2. The Hall–Kier alpha value is -0.790. The Labute approximate surface area is 138 Å². The third kappa shape index (κ3) is 7.47. The Morgan fingerprint density at radius 3 is 1.41 bits per heavy atom. The Balaban J connectivity index is 5.21. The van der Waals surface area contributed by atoms with Gasteiger partial charge in [-0.25, -0.2) is 4.79 Å². The molecule has 130 valence electrons. The lowest BCUT2D eigenvalue weighted by Gasteiger charge is -2.35. The van der Waals surface area contributed by atoms with Gasteiger partial charge >= 0.3 is 5.97 Å². The van der Waals surface area contributed by atoms with Crippen LogP contribution in [0.2, 0.25) is 0 Å². The normalized spacial score (nSPS) is 12.6. The van der Waals surface area contributed by atoms with Gasteiger partial charge in [-0.3, -0.25) is 0 Å². The Bertz CT molecular complexity index is 291. The summed E-state index contributed by atoms with van der Waals surface area (Å²) in [6.07, 6.45) is 15.7. The molecule has 0 saturated carbocycles. The van der Waals surface area contributed by atoms with E-state index in [1.807, 2.05) is 13.0 Å². The zero-order chi connectivity index (χ0) is 16.8. The van der Waals surface area contributed by atoms with E-state index in [2.05, 4.69) is 20.8 Å². The fourth-order valence-electron chi connectivity index (χ4n) is 3.58. The van der Waals surface area contributed by atoms with Crippen molar-refractivity contribution in [2.45, 2.75) is 105 Å². The first-order valence-electron chi connectivity index (χ1n) is 9.48. The van der Waals surface area contributed by atoms with Gasteiger partial charge in [-0.15, -0.1) is 0 Å². The standard InChI is InChI=1S/C20H38O2/c1-5-9-12-15-20(16-13-10-6-2,17-14-11-7-3)18(8-4)19(21)22/h8H,5-7,9-17H2,1-4H3,(H,21,22). The number of aliphatic carboxylic acids is 1. The van der Waals surface area contributed by atoms with Gasteiger partial charge in [-0.2, -0.15) is 0 Å². The van der Waals surface area contributed by atoms with Crippen LogP contribution in [0.3, 0.4) is 0 Å². The maximum absolute atomic E-state index is 11.8. The largest absolute Gasteiger partial charge is 0.478 e. The Morgan fingerprint density at radius 2 is 1.18 bits per heavy atom. The molecular formula is C20H38O2. The second kappa shape index (κ2) is 12.7. The zero-order valence-corrected chi connectivity index (χ0v) is 15.4. The van der Waals surface area contributed by atoms with Gasteiger partial charge in [0.15, 0.2) is 0 Å². The van der Waals surface area contributed by atoms with Crippen molar-refractivity contribution < 1.29 is 9.90 Å². The summed E-state index contributed by atoms with van der Waals surface area (Å²) in [5.41, 5.74) is 0.580. The van der Waals surface area contributed by atoms with E-state index in [1.165, 1.54) is 38.5 Å². The first-order chi connectivity index (χ1) is 10.6. The van der Waals surface area contributed by atoms with Gasteiger partial charge in [0.2, 0.25) is 0 Å². The average molecular weight is 311 g/mol. The summed E-state index contributed by atoms with van der Waals surface area (Å²) in [6.45, 7) is 8.54. The lowest BCUT2D eigenvalue weighted by Crippen LogP contribution is -2.28. The monoisotopic (exact) mass is 310 g/mol. The summed E-state index contributed by atoms with van der Waals surface area (Å²) < 4.78 is 0. The minimum atomic E-state index is -0.702. The van der Waals surface area contributed by atoms with Crippen molar-refractivity contribution in [3.8, 4) is 0 Å². The van der Waals surface area contributed by atoms with Crippen LogP contribution in [0.25, 0.3) is 0 Å². The minimum absolute atomic E-state index is 0.0971. The number of carboxylic acid groups (broad SMARTS) is 1. The van der Waals surface area contributed by atoms with Gasteiger partial charge < -0.3 is 5.11 Å². The molecule has 0 spiro atoms. The quantitative estimate of drug-likeness (QED) is 0.285. The van der Waals surface area contributed by atoms with E-state index >= 15 is 0 Å². The maximum Gasteiger partial charge on any atom is 0.331 e. The average Bonchev–Trinajstić information content (AvgIpc) is 2.48. The number of hydrogen-bond acceptors (Lipinski definition) is 1. The highest BCUT2D eigenvalue weighted by Gasteiger charge is 2.35. The van der Waals surface area contributed by atoms with E-state index in [-0.39, 0.29) is 5.41 Å². The van der Waals surface area contributed by atoms with E-state index in [0.717, 1.165) is 38.5 Å². The lowest BCUT2D eigenvalue weighted by atomic mass is 9.68. The molecule has 2 nitrogen and oxygen atoms in total. The van der Waals surface area contributed by atoms with Crippen LogP contribution in [-0.2, 0) is 4.79 Å². The summed E-state index contributed by atoms with van der Waals surface area (Å²) in [6, 6.07) is 0. The van der Waals surface area contributed by atoms with Gasteiger partial charge in [-0.05, 0) is 26.2 Å². The molecule has 0 aromatic carbocycles. The number of unbranched alkanes of at least 4 members (excludes halogenated alkanes) is 6. The molecule has 0 atom stereocenters. The number of carbonyl (C=O) groups is 1. The van der Waals surface area contributed by atoms with Crippen molar-refractivity contribution in [1.29, 1.82) is 0 Å². The second-order valence-electron chi connectivity index (χ2n) is 6.66. The lowest BCUT2D eigenvalue weighted by molar-refractivity contribution is -0.134. The van der Waals surface area contributed by atoms with E-state index < -0.39 is 5.97 Å². The van der Waals surface area contributed by atoms with Crippen LogP contribution in [0.4, 0.5) is 0 Å². The van der Waals surface area contributed by atoms with Gasteiger partial charge in [0.25, 0.3) is 0 Å². The predicted molar refractivity (Wildman–Crippen MR) is 96.3 cm³/mol. The summed E-state index contributed by atoms with van der Waals surface area (Å²) in [7, 11) is 0. The molecule has 0 heterocycles. The molecule has 0 aliphatic carbocycles. The summed E-state index contributed by atoms with van der Waals surface area (Å²) in [5.74, 6) is -0.702. The highest BCUT2D eigenvalue weighted by Crippen LogP contribution is 2.43. The minimum Gasteiger partial charge on any atom is -0.478 e. The van der Waals surface area contributed by atoms with Crippen molar-refractivity contribution in [3.05, 3.63) is 11.6 Å². The highest BCUT2D eigenvalue weighted by atomic mass is 16.4. The number of hydrogen-bond donors (Lipinski definition) is 1. The number of carboxylic acids is 1. The highest BCUT2D eigenvalue weighted by molar-refractivity contribution is 5.88. The van der Waals surface area contributed by atoms with Crippen LogP contribution in [-0.4, -0.2) is 11.1 Å². The van der Waals surface area contributed by atoms with Crippen molar-refractivity contribution in [1.82, 2.24) is 0 Å². The van der Waals surface area contributed by atoms with Crippen molar-refractivity contribution in [2.75, 3.05) is 0 Å². The summed E-state index contributed by atoms with van der Waals surface area (Å²) in [4.78, 5) is 11.8. The molecular weight excluding hydrogens is 272 g/mol. The van der Waals surface area contributed by atoms with Gasteiger partial charge in [-0.1, -0.05) is 84.6 Å². The molecule has 0 aliphatic rings. The van der Waals surface area contributed by atoms with Crippen molar-refractivity contribution >= 4 is 5.97 Å². The molecule has 0 fully saturated rings. The van der Waals surface area contributed by atoms with Crippen LogP contribution < -0.4 is 0 Å². The summed E-state index contributed by atoms with van der Waals surface area (Å²) in [5, 5.41) is 9.71. The predicted octanol–water partition coefficient (Wildman–Crippen LogP) is 6.74. The molecule has 22 heavy (non-hydrogen) atoms. The molecule has 0 radical (unpaired) electrons. The zero-order valence-electron chi connectivity index (χ0n) is 15.4. The summed E-state index contributed by atoms with van der Waals surface area (Å²) >= 11 is 0. The van der Waals surface area contributed by atoms with Crippen LogP contribution in [0, 0.1) is 5.41 Å².